The van der Waals surface area contributed by atoms with Crippen LogP contribution in [0.5, 0.6) is 23.0 Å². The summed E-state index contributed by atoms with van der Waals surface area (Å²) in [6.07, 6.45) is 0.632. The molecule has 0 fully saturated rings. The molecule has 0 saturated carbocycles. The Morgan fingerprint density at radius 3 is 2.16 bits per heavy atom. The summed E-state index contributed by atoms with van der Waals surface area (Å²) in [6, 6.07) is 12.6. The van der Waals surface area contributed by atoms with Gasteiger partial charge in [-0.1, -0.05) is 6.07 Å². The molecule has 0 aliphatic rings. The van der Waals surface area contributed by atoms with E-state index in [1.54, 1.807) is 31.4 Å². The van der Waals surface area contributed by atoms with Gasteiger partial charge in [-0.2, -0.15) is 0 Å². The highest BCUT2D eigenvalue weighted by molar-refractivity contribution is 5.85. The van der Waals surface area contributed by atoms with E-state index >= 15 is 0 Å². The summed E-state index contributed by atoms with van der Waals surface area (Å²) in [5, 5.41) is 5.32. The topological polar surface area (TPSA) is 95.1 Å². The lowest BCUT2D eigenvalue weighted by Gasteiger charge is -2.13. The van der Waals surface area contributed by atoms with E-state index in [4.69, 9.17) is 18.9 Å². The van der Waals surface area contributed by atoms with Crippen molar-refractivity contribution in [3.05, 3.63) is 48.0 Å². The van der Waals surface area contributed by atoms with Crippen molar-refractivity contribution in [2.75, 3.05) is 40.0 Å². The summed E-state index contributed by atoms with van der Waals surface area (Å²) < 4.78 is 21.6. The van der Waals surface area contributed by atoms with E-state index in [0.29, 0.717) is 49.2 Å². The summed E-state index contributed by atoms with van der Waals surface area (Å²) in [6.45, 7) is 5.09. The Morgan fingerprint density at radius 1 is 0.806 bits per heavy atom. The number of carbonyl (C=O) groups is 2. The maximum atomic E-state index is 12.0. The van der Waals surface area contributed by atoms with Gasteiger partial charge in [-0.15, -0.1) is 0 Å². The first-order valence-corrected chi connectivity index (χ1v) is 10.2. The SMILES string of the molecule is CCOc1ccc(CCNC(=O)CNC(=O)COc2ccc(OC)cc2)cc1OCC. The zero-order valence-corrected chi connectivity index (χ0v) is 18.2. The fourth-order valence-corrected chi connectivity index (χ4v) is 2.71. The monoisotopic (exact) mass is 430 g/mol. The summed E-state index contributed by atoms with van der Waals surface area (Å²) in [7, 11) is 1.57. The Labute approximate surface area is 182 Å². The van der Waals surface area contributed by atoms with Gasteiger partial charge in [0.25, 0.3) is 5.91 Å². The third-order valence-corrected chi connectivity index (χ3v) is 4.22. The molecule has 0 heterocycles. The minimum Gasteiger partial charge on any atom is -0.497 e. The lowest BCUT2D eigenvalue weighted by Crippen LogP contribution is -2.39. The molecule has 0 aliphatic heterocycles. The fourth-order valence-electron chi connectivity index (χ4n) is 2.71. The smallest absolute Gasteiger partial charge is 0.258 e. The largest absolute Gasteiger partial charge is 0.497 e. The molecule has 31 heavy (non-hydrogen) atoms. The van der Waals surface area contributed by atoms with E-state index in [0.717, 1.165) is 5.56 Å². The Bertz CT molecular complexity index is 838. The highest BCUT2D eigenvalue weighted by Gasteiger charge is 2.08. The van der Waals surface area contributed by atoms with Crippen LogP contribution < -0.4 is 29.6 Å². The maximum Gasteiger partial charge on any atom is 0.258 e. The van der Waals surface area contributed by atoms with Crippen LogP contribution >= 0.6 is 0 Å². The van der Waals surface area contributed by atoms with E-state index < -0.39 is 0 Å². The number of amides is 2. The zero-order chi connectivity index (χ0) is 22.5. The first kappa shape index (κ1) is 23.9. The number of rotatable bonds is 13. The fraction of sp³-hybridized carbons (Fsp3) is 0.391. The summed E-state index contributed by atoms with van der Waals surface area (Å²) >= 11 is 0. The quantitative estimate of drug-likeness (QED) is 0.507. The number of ether oxygens (including phenoxy) is 4. The molecule has 2 aromatic rings. The van der Waals surface area contributed by atoms with E-state index in [1.807, 2.05) is 32.0 Å². The van der Waals surface area contributed by atoms with Crippen LogP contribution in [0.1, 0.15) is 19.4 Å². The van der Waals surface area contributed by atoms with E-state index in [-0.39, 0.29) is 25.0 Å². The van der Waals surface area contributed by atoms with Gasteiger partial charge in [0.15, 0.2) is 18.1 Å². The lowest BCUT2D eigenvalue weighted by atomic mass is 10.1. The predicted molar refractivity (Wildman–Crippen MR) is 117 cm³/mol. The highest BCUT2D eigenvalue weighted by atomic mass is 16.5. The van der Waals surface area contributed by atoms with Crippen LogP contribution in [0.2, 0.25) is 0 Å². The summed E-state index contributed by atoms with van der Waals surface area (Å²) in [5.74, 6) is 2.00. The van der Waals surface area contributed by atoms with Crippen molar-refractivity contribution in [2.24, 2.45) is 0 Å². The van der Waals surface area contributed by atoms with Gasteiger partial charge in [0.05, 0.1) is 26.9 Å². The molecule has 0 unspecified atom stereocenters. The lowest BCUT2D eigenvalue weighted by molar-refractivity contribution is -0.127. The molecule has 2 aromatic carbocycles. The van der Waals surface area contributed by atoms with Gasteiger partial charge in [-0.25, -0.2) is 0 Å². The van der Waals surface area contributed by atoms with E-state index in [1.165, 1.54) is 0 Å². The van der Waals surface area contributed by atoms with Crippen LogP contribution in [-0.4, -0.2) is 51.8 Å². The number of hydrogen-bond donors (Lipinski definition) is 2. The second-order valence-corrected chi connectivity index (χ2v) is 6.49. The van der Waals surface area contributed by atoms with Gasteiger partial charge in [0, 0.05) is 6.54 Å². The van der Waals surface area contributed by atoms with Gasteiger partial charge in [-0.05, 0) is 62.2 Å². The highest BCUT2D eigenvalue weighted by Crippen LogP contribution is 2.28. The molecule has 8 nitrogen and oxygen atoms in total. The van der Waals surface area contributed by atoms with Crippen LogP contribution in [-0.2, 0) is 16.0 Å². The third-order valence-electron chi connectivity index (χ3n) is 4.22. The van der Waals surface area contributed by atoms with Crippen LogP contribution in [0.15, 0.2) is 42.5 Å². The first-order valence-electron chi connectivity index (χ1n) is 10.2. The molecular weight excluding hydrogens is 400 g/mol. The minimum atomic E-state index is -0.376. The summed E-state index contributed by atoms with van der Waals surface area (Å²) in [4.78, 5) is 23.8. The van der Waals surface area contributed by atoms with Crippen molar-refractivity contribution in [1.29, 1.82) is 0 Å². The molecular formula is C23H30N2O6. The molecule has 0 spiro atoms. The average Bonchev–Trinajstić information content (AvgIpc) is 2.78. The molecule has 0 aromatic heterocycles. The Hall–Kier alpha value is -3.42. The molecule has 2 N–H and O–H groups in total. The average molecular weight is 431 g/mol. The van der Waals surface area contributed by atoms with Crippen molar-refractivity contribution in [3.63, 3.8) is 0 Å². The van der Waals surface area contributed by atoms with Crippen molar-refractivity contribution in [1.82, 2.24) is 10.6 Å². The molecule has 0 atom stereocenters. The third kappa shape index (κ3) is 8.46. The van der Waals surface area contributed by atoms with Crippen molar-refractivity contribution < 1.29 is 28.5 Å². The maximum absolute atomic E-state index is 12.0. The Morgan fingerprint density at radius 2 is 1.48 bits per heavy atom. The van der Waals surface area contributed by atoms with E-state index in [9.17, 15) is 9.59 Å². The van der Waals surface area contributed by atoms with Crippen LogP contribution in [0, 0.1) is 0 Å². The first-order chi connectivity index (χ1) is 15.0. The van der Waals surface area contributed by atoms with Crippen LogP contribution in [0.4, 0.5) is 0 Å². The normalized spacial score (nSPS) is 10.2. The van der Waals surface area contributed by atoms with Gasteiger partial charge in [0.1, 0.15) is 11.5 Å². The molecule has 0 radical (unpaired) electrons. The number of nitrogens with one attached hydrogen (secondary N) is 2. The molecule has 168 valence electrons. The van der Waals surface area contributed by atoms with Crippen LogP contribution in [0.3, 0.4) is 0 Å². The second-order valence-electron chi connectivity index (χ2n) is 6.49. The Kier molecular flexibility index (Phi) is 10.0. The number of hydrogen-bond acceptors (Lipinski definition) is 6. The van der Waals surface area contributed by atoms with Crippen molar-refractivity contribution in [2.45, 2.75) is 20.3 Å². The van der Waals surface area contributed by atoms with Gasteiger partial charge in [0.2, 0.25) is 5.91 Å². The number of methoxy groups -OCH3 is 1. The van der Waals surface area contributed by atoms with Gasteiger partial charge < -0.3 is 29.6 Å². The molecule has 2 rings (SSSR count). The summed E-state index contributed by atoms with van der Waals surface area (Å²) in [5.41, 5.74) is 1.02. The van der Waals surface area contributed by atoms with Gasteiger partial charge >= 0.3 is 0 Å². The van der Waals surface area contributed by atoms with Crippen molar-refractivity contribution >= 4 is 11.8 Å². The second kappa shape index (κ2) is 13.0. The Balaban J connectivity index is 1.68. The molecule has 0 aliphatic carbocycles. The van der Waals surface area contributed by atoms with Crippen LogP contribution in [0.25, 0.3) is 0 Å². The molecule has 0 bridgehead atoms. The molecule has 0 saturated heterocycles. The minimum absolute atomic E-state index is 0.113. The molecule has 8 heteroatoms. The number of carbonyl (C=O) groups excluding carboxylic acids is 2. The van der Waals surface area contributed by atoms with Gasteiger partial charge in [-0.3, -0.25) is 9.59 Å². The number of benzene rings is 2. The standard InChI is InChI=1S/C23H30N2O6/c1-4-29-20-11-6-17(14-21(20)30-5-2)12-13-24-22(26)15-25-23(27)16-31-19-9-7-18(28-3)8-10-19/h6-11,14H,4-5,12-13,15-16H2,1-3H3,(H,24,26)(H,25,27). The zero-order valence-electron chi connectivity index (χ0n) is 18.2. The molecule has 2 amide bonds. The van der Waals surface area contributed by atoms with E-state index in [2.05, 4.69) is 10.6 Å². The van der Waals surface area contributed by atoms with Crippen molar-refractivity contribution in [3.8, 4) is 23.0 Å². The predicted octanol–water partition coefficient (Wildman–Crippen LogP) is 2.35.